The minimum Gasteiger partial charge on any atom is -0.323 e. The van der Waals surface area contributed by atoms with E-state index in [9.17, 15) is 10.1 Å². The van der Waals surface area contributed by atoms with Gasteiger partial charge in [0.05, 0.1) is 11.3 Å². The molecule has 6 nitrogen and oxygen atoms in total. The molecule has 0 fully saturated rings. The van der Waals surface area contributed by atoms with E-state index in [2.05, 4.69) is 27.4 Å². The molecule has 28 heavy (non-hydrogen) atoms. The predicted octanol–water partition coefficient (Wildman–Crippen LogP) is 3.99. The maximum atomic E-state index is 13.2. The molecule has 0 aliphatic carbocycles. The van der Waals surface area contributed by atoms with Crippen molar-refractivity contribution in [2.45, 2.75) is 19.8 Å². The number of para-hydroxylation sites is 2. The van der Waals surface area contributed by atoms with E-state index < -0.39 is 0 Å². The summed E-state index contributed by atoms with van der Waals surface area (Å²) >= 11 is 0. The zero-order valence-corrected chi connectivity index (χ0v) is 15.5. The Morgan fingerprint density at radius 3 is 2.79 bits per heavy atom. The third kappa shape index (κ3) is 3.42. The van der Waals surface area contributed by atoms with Gasteiger partial charge in [0, 0.05) is 17.9 Å². The largest absolute Gasteiger partial charge is 0.323 e. The van der Waals surface area contributed by atoms with Crippen molar-refractivity contribution in [3.63, 3.8) is 0 Å². The smallest absolute Gasteiger partial charge is 0.277 e. The van der Waals surface area contributed by atoms with Gasteiger partial charge in [-0.2, -0.15) is 5.26 Å². The van der Waals surface area contributed by atoms with Crippen LogP contribution in [-0.4, -0.2) is 22.4 Å². The first-order chi connectivity index (χ1) is 13.7. The quantitative estimate of drug-likeness (QED) is 0.755. The van der Waals surface area contributed by atoms with Crippen molar-refractivity contribution in [3.05, 3.63) is 77.1 Å². The van der Waals surface area contributed by atoms with E-state index in [1.54, 1.807) is 29.2 Å². The topological polar surface area (TPSA) is 81.9 Å². The normalized spacial score (nSPS) is 12.8. The number of anilines is 3. The van der Waals surface area contributed by atoms with Gasteiger partial charge in [0.1, 0.15) is 11.8 Å². The number of rotatable bonds is 3. The number of aromatic nitrogens is 2. The summed E-state index contributed by atoms with van der Waals surface area (Å²) in [5.74, 6) is 0.158. The molecule has 6 heteroatoms. The van der Waals surface area contributed by atoms with Gasteiger partial charge in [-0.25, -0.2) is 9.97 Å². The number of carbonyl (C=O) groups excluding carboxylic acids is 1. The predicted molar refractivity (Wildman–Crippen MR) is 108 cm³/mol. The number of hydrogen-bond acceptors (Lipinski definition) is 5. The fourth-order valence-corrected chi connectivity index (χ4v) is 3.43. The molecule has 0 saturated heterocycles. The number of aryl methyl sites for hydroxylation is 2. The van der Waals surface area contributed by atoms with E-state index >= 15 is 0 Å². The molecule has 0 spiro atoms. The second-order valence-corrected chi connectivity index (χ2v) is 6.69. The van der Waals surface area contributed by atoms with Crippen molar-refractivity contribution in [3.8, 4) is 6.07 Å². The Labute approximate surface area is 163 Å². The van der Waals surface area contributed by atoms with E-state index in [4.69, 9.17) is 0 Å². The van der Waals surface area contributed by atoms with Crippen molar-refractivity contribution in [2.24, 2.45) is 0 Å². The van der Waals surface area contributed by atoms with E-state index in [0.717, 1.165) is 18.5 Å². The van der Waals surface area contributed by atoms with Crippen molar-refractivity contribution < 1.29 is 4.79 Å². The number of benzene rings is 2. The summed E-state index contributed by atoms with van der Waals surface area (Å²) in [4.78, 5) is 23.8. The summed E-state index contributed by atoms with van der Waals surface area (Å²) < 4.78 is 0. The van der Waals surface area contributed by atoms with Crippen LogP contribution >= 0.6 is 0 Å². The molecule has 1 aliphatic heterocycles. The average Bonchev–Trinajstić information content (AvgIpc) is 2.73. The maximum absolute atomic E-state index is 13.2. The van der Waals surface area contributed by atoms with Gasteiger partial charge in [0.2, 0.25) is 5.95 Å². The van der Waals surface area contributed by atoms with Crippen LogP contribution in [0.1, 0.15) is 33.7 Å². The summed E-state index contributed by atoms with van der Waals surface area (Å²) in [6.07, 6.45) is 1.90. The minimum absolute atomic E-state index is 0.144. The van der Waals surface area contributed by atoms with Gasteiger partial charge in [-0.1, -0.05) is 30.3 Å². The van der Waals surface area contributed by atoms with Gasteiger partial charge in [-0.15, -0.1) is 0 Å². The van der Waals surface area contributed by atoms with Crippen LogP contribution in [0.4, 0.5) is 17.3 Å². The molecular weight excluding hydrogens is 350 g/mol. The Morgan fingerprint density at radius 1 is 1.14 bits per heavy atom. The molecule has 0 atom stereocenters. The van der Waals surface area contributed by atoms with Crippen LogP contribution in [0.5, 0.6) is 0 Å². The summed E-state index contributed by atoms with van der Waals surface area (Å²) in [6, 6.07) is 18.9. The van der Waals surface area contributed by atoms with E-state index in [1.807, 2.05) is 31.2 Å². The first-order valence-corrected chi connectivity index (χ1v) is 9.17. The molecular formula is C22H19N5O. The number of amides is 1. The zero-order valence-electron chi connectivity index (χ0n) is 15.5. The molecule has 1 amide bonds. The van der Waals surface area contributed by atoms with Crippen LogP contribution in [0.3, 0.4) is 0 Å². The monoisotopic (exact) mass is 369 g/mol. The molecule has 1 aliphatic rings. The highest BCUT2D eigenvalue weighted by atomic mass is 16.2. The number of fused-ring (bicyclic) bond motifs is 1. The number of hydrogen-bond donors (Lipinski definition) is 1. The molecule has 2 heterocycles. The molecule has 1 N–H and O–H groups in total. The number of nitrogens with one attached hydrogen (secondary N) is 1. The number of nitriles is 1. The van der Waals surface area contributed by atoms with E-state index in [-0.39, 0.29) is 5.91 Å². The van der Waals surface area contributed by atoms with Crippen LogP contribution in [0.2, 0.25) is 0 Å². The SMILES string of the molecule is Cc1cc(C(=O)N2CCCc3ccccc32)nc(Nc2ccccc2C#N)n1. The van der Waals surface area contributed by atoms with Crippen LogP contribution in [0, 0.1) is 18.3 Å². The van der Waals surface area contributed by atoms with Gasteiger partial charge in [-0.3, -0.25) is 4.79 Å². The lowest BCUT2D eigenvalue weighted by atomic mass is 10.0. The third-order valence-corrected chi connectivity index (χ3v) is 4.72. The second-order valence-electron chi connectivity index (χ2n) is 6.69. The average molecular weight is 369 g/mol. The van der Waals surface area contributed by atoms with E-state index in [0.29, 0.717) is 35.1 Å². The lowest BCUT2D eigenvalue weighted by Gasteiger charge is -2.29. The first-order valence-electron chi connectivity index (χ1n) is 9.17. The molecule has 138 valence electrons. The Bertz CT molecular complexity index is 1090. The van der Waals surface area contributed by atoms with Gasteiger partial charge in [0.15, 0.2) is 0 Å². The molecule has 1 aromatic heterocycles. The summed E-state index contributed by atoms with van der Waals surface area (Å²) in [7, 11) is 0. The van der Waals surface area contributed by atoms with Crippen molar-refractivity contribution >= 4 is 23.2 Å². The van der Waals surface area contributed by atoms with Crippen LogP contribution in [0.15, 0.2) is 54.6 Å². The first kappa shape index (κ1) is 17.7. The Morgan fingerprint density at radius 2 is 1.93 bits per heavy atom. The highest BCUT2D eigenvalue weighted by Crippen LogP contribution is 2.28. The van der Waals surface area contributed by atoms with Crippen LogP contribution < -0.4 is 10.2 Å². The number of carbonyl (C=O) groups is 1. The summed E-state index contributed by atoms with van der Waals surface area (Å²) in [6.45, 7) is 2.49. The second kappa shape index (κ2) is 7.49. The van der Waals surface area contributed by atoms with Crippen molar-refractivity contribution in [1.29, 1.82) is 5.26 Å². The third-order valence-electron chi connectivity index (χ3n) is 4.72. The fourth-order valence-electron chi connectivity index (χ4n) is 3.43. The minimum atomic E-state index is -0.144. The Balaban J connectivity index is 1.66. The fraction of sp³-hybridized carbons (Fsp3) is 0.182. The van der Waals surface area contributed by atoms with E-state index in [1.165, 1.54) is 5.56 Å². The molecule has 0 bridgehead atoms. The molecule has 0 unspecified atom stereocenters. The molecule has 3 aromatic rings. The summed E-state index contributed by atoms with van der Waals surface area (Å²) in [5, 5.41) is 12.3. The van der Waals surface area contributed by atoms with Gasteiger partial charge < -0.3 is 10.2 Å². The highest BCUT2D eigenvalue weighted by molar-refractivity contribution is 6.05. The molecule has 2 aromatic carbocycles. The maximum Gasteiger partial charge on any atom is 0.277 e. The Kier molecular flexibility index (Phi) is 4.73. The zero-order chi connectivity index (χ0) is 19.5. The summed E-state index contributed by atoms with van der Waals surface area (Å²) in [5.41, 5.74) is 4.23. The highest BCUT2D eigenvalue weighted by Gasteiger charge is 2.25. The standard InChI is InChI=1S/C22H19N5O/c1-15-13-19(21(28)27-12-6-9-16-7-3-5-11-20(16)27)26-22(24-15)25-18-10-4-2-8-17(18)14-23/h2-5,7-8,10-11,13H,6,9,12H2,1H3,(H,24,25,26). The molecule has 0 saturated carbocycles. The van der Waals surface area contributed by atoms with Crippen molar-refractivity contribution in [1.82, 2.24) is 9.97 Å². The Hall–Kier alpha value is -3.72. The van der Waals surface area contributed by atoms with Gasteiger partial charge >= 0.3 is 0 Å². The lowest BCUT2D eigenvalue weighted by molar-refractivity contribution is 0.0980. The lowest BCUT2D eigenvalue weighted by Crippen LogP contribution is -2.36. The van der Waals surface area contributed by atoms with Gasteiger partial charge in [0.25, 0.3) is 5.91 Å². The molecule has 0 radical (unpaired) electrons. The van der Waals surface area contributed by atoms with Crippen LogP contribution in [-0.2, 0) is 6.42 Å². The molecule has 4 rings (SSSR count). The van der Waals surface area contributed by atoms with Crippen molar-refractivity contribution in [2.75, 3.05) is 16.8 Å². The van der Waals surface area contributed by atoms with Gasteiger partial charge in [-0.05, 0) is 49.6 Å². The number of nitrogens with zero attached hydrogens (tertiary/aromatic N) is 4. The van der Waals surface area contributed by atoms with Crippen LogP contribution in [0.25, 0.3) is 0 Å².